The van der Waals surface area contributed by atoms with Gasteiger partial charge in [-0.15, -0.1) is 0 Å². The van der Waals surface area contributed by atoms with Gasteiger partial charge in [0, 0.05) is 55.5 Å². The molecule has 0 radical (unpaired) electrons. The smallest absolute Gasteiger partial charge is 0.251 e. The number of rotatable bonds is 14. The number of anilines is 1. The molecule has 2 saturated heterocycles. The first-order chi connectivity index (χ1) is 23.5. The summed E-state index contributed by atoms with van der Waals surface area (Å²) in [5.74, 6) is -0.977. The van der Waals surface area contributed by atoms with Crippen LogP contribution < -0.4 is 26.4 Å². The van der Waals surface area contributed by atoms with Gasteiger partial charge in [0.25, 0.3) is 5.91 Å². The third-order valence-corrected chi connectivity index (χ3v) is 9.58. The number of aliphatic hydroxyl groups is 2. The predicted octanol–water partition coefficient (Wildman–Crippen LogP) is 2.28. The molecule has 5 rings (SSSR count). The van der Waals surface area contributed by atoms with Crippen molar-refractivity contribution in [1.29, 1.82) is 0 Å². The Balaban J connectivity index is 1.47. The summed E-state index contributed by atoms with van der Waals surface area (Å²) < 4.78 is 5.96. The number of para-hydroxylation sites is 1. The standard InChI is InChI=1S/C37H50N6O6/c1-23(44)32-31(20-38)49-43(33(32)36(39)46)21-25-13-10-14-29(35(25)48-4)26-17-27(19-28(18-26)41(2)3)37(47)40-30(22-42-15-8-9-16-42)34(45)24-11-6-5-7-12-24/h5-7,10-14,17-19,23,30-34,44-45H,8-9,15-16,20-22,38H2,1-4H3,(H2,39,46)(H,40,47)/t23-,30+,31-,32+,33-,34+/m0/s1. The zero-order valence-corrected chi connectivity index (χ0v) is 28.8. The van der Waals surface area contributed by atoms with E-state index < -0.39 is 42.2 Å². The van der Waals surface area contributed by atoms with Crippen LogP contribution in [-0.2, 0) is 16.2 Å². The largest absolute Gasteiger partial charge is 0.496 e. The number of nitrogens with one attached hydrogen (secondary N) is 1. The second-order valence-electron chi connectivity index (χ2n) is 13.2. The molecule has 0 spiro atoms. The van der Waals surface area contributed by atoms with Crippen molar-refractivity contribution in [2.75, 3.05) is 52.3 Å². The van der Waals surface area contributed by atoms with Crippen LogP contribution in [0, 0.1) is 5.92 Å². The topological polar surface area (TPSA) is 167 Å². The number of hydroxylamine groups is 2. The van der Waals surface area contributed by atoms with E-state index in [9.17, 15) is 19.8 Å². The number of ether oxygens (including phenoxy) is 1. The third kappa shape index (κ3) is 8.23. The Morgan fingerprint density at radius 2 is 1.78 bits per heavy atom. The molecular weight excluding hydrogens is 624 g/mol. The summed E-state index contributed by atoms with van der Waals surface area (Å²) in [6, 6.07) is 19.3. The summed E-state index contributed by atoms with van der Waals surface area (Å²) in [6.07, 6.45) is -0.146. The van der Waals surface area contributed by atoms with Crippen molar-refractivity contribution in [3.63, 3.8) is 0 Å². The minimum atomic E-state index is -0.894. The van der Waals surface area contributed by atoms with Gasteiger partial charge in [-0.05, 0) is 62.2 Å². The Morgan fingerprint density at radius 1 is 1.06 bits per heavy atom. The molecule has 0 bridgehead atoms. The number of likely N-dealkylation sites (tertiary alicyclic amines) is 1. The lowest BCUT2D eigenvalue weighted by atomic mass is 9.89. The summed E-state index contributed by atoms with van der Waals surface area (Å²) >= 11 is 0. The summed E-state index contributed by atoms with van der Waals surface area (Å²) in [4.78, 5) is 36.9. The van der Waals surface area contributed by atoms with E-state index in [-0.39, 0.29) is 19.0 Å². The number of hydrogen-bond donors (Lipinski definition) is 5. The second kappa shape index (κ2) is 16.1. The molecule has 12 heteroatoms. The fraction of sp³-hybridized carbons (Fsp3) is 0.459. The number of hydrogen-bond acceptors (Lipinski definition) is 10. The van der Waals surface area contributed by atoms with Gasteiger partial charge in [-0.1, -0.05) is 48.5 Å². The summed E-state index contributed by atoms with van der Waals surface area (Å²) in [7, 11) is 5.38. The summed E-state index contributed by atoms with van der Waals surface area (Å²) in [5, 5.41) is 26.5. The van der Waals surface area contributed by atoms with Gasteiger partial charge in [-0.3, -0.25) is 14.4 Å². The monoisotopic (exact) mass is 674 g/mol. The number of carbonyl (C=O) groups excluding carboxylic acids is 2. The number of primary amides is 1. The van der Waals surface area contributed by atoms with Crippen molar-refractivity contribution in [3.8, 4) is 16.9 Å². The molecule has 3 aromatic rings. The van der Waals surface area contributed by atoms with Crippen molar-refractivity contribution in [1.82, 2.24) is 15.3 Å². The zero-order valence-electron chi connectivity index (χ0n) is 28.8. The molecule has 2 amide bonds. The number of nitrogens with zero attached hydrogens (tertiary/aromatic N) is 3. The Bertz CT molecular complexity index is 1580. The molecule has 0 unspecified atom stereocenters. The van der Waals surface area contributed by atoms with Crippen molar-refractivity contribution >= 4 is 17.5 Å². The molecule has 2 aliphatic rings. The number of aliphatic hydroxyl groups excluding tert-OH is 2. The van der Waals surface area contributed by atoms with Crippen LogP contribution in [0.15, 0.2) is 66.7 Å². The molecule has 49 heavy (non-hydrogen) atoms. The minimum absolute atomic E-state index is 0.108. The highest BCUT2D eigenvalue weighted by Crippen LogP contribution is 2.38. The Labute approximate surface area is 288 Å². The SMILES string of the molecule is COc1c(CN2O[C@@H](CN)[C@@H]([C@H](C)O)[C@H]2C(N)=O)cccc1-c1cc(C(=O)N[C@H](CN2CCCC2)[C@H](O)c2ccccc2)cc(N(C)C)c1. The van der Waals surface area contributed by atoms with E-state index in [4.69, 9.17) is 21.0 Å². The van der Waals surface area contributed by atoms with Crippen LogP contribution in [0.4, 0.5) is 5.69 Å². The molecule has 2 heterocycles. The highest BCUT2D eigenvalue weighted by atomic mass is 16.7. The van der Waals surface area contributed by atoms with E-state index in [1.165, 1.54) is 5.06 Å². The Morgan fingerprint density at radius 3 is 2.39 bits per heavy atom. The molecule has 6 atom stereocenters. The van der Waals surface area contributed by atoms with Crippen LogP contribution in [0.2, 0.25) is 0 Å². The van der Waals surface area contributed by atoms with Gasteiger partial charge < -0.3 is 41.5 Å². The van der Waals surface area contributed by atoms with Gasteiger partial charge in [-0.25, -0.2) is 0 Å². The lowest BCUT2D eigenvalue weighted by Gasteiger charge is -2.29. The lowest BCUT2D eigenvalue weighted by molar-refractivity contribution is -0.172. The maximum Gasteiger partial charge on any atom is 0.251 e. The summed E-state index contributed by atoms with van der Waals surface area (Å²) in [5.41, 5.74) is 15.9. The zero-order chi connectivity index (χ0) is 35.2. The van der Waals surface area contributed by atoms with Crippen LogP contribution >= 0.6 is 0 Å². The van der Waals surface area contributed by atoms with Gasteiger partial charge in [-0.2, -0.15) is 5.06 Å². The molecule has 0 aromatic heterocycles. The highest BCUT2D eigenvalue weighted by Gasteiger charge is 2.48. The molecule has 3 aromatic carbocycles. The highest BCUT2D eigenvalue weighted by molar-refractivity contribution is 5.97. The van der Waals surface area contributed by atoms with E-state index in [1.807, 2.05) is 85.7 Å². The van der Waals surface area contributed by atoms with E-state index in [0.717, 1.165) is 48.3 Å². The average molecular weight is 675 g/mol. The Hall–Kier alpha value is -4.04. The van der Waals surface area contributed by atoms with Crippen LogP contribution in [0.3, 0.4) is 0 Å². The molecule has 7 N–H and O–H groups in total. The van der Waals surface area contributed by atoms with Crippen molar-refractivity contribution < 1.29 is 29.4 Å². The molecule has 2 aliphatic heterocycles. The number of methoxy groups -OCH3 is 1. The minimum Gasteiger partial charge on any atom is -0.496 e. The molecule has 0 saturated carbocycles. The van der Waals surface area contributed by atoms with Crippen LogP contribution in [-0.4, -0.2) is 104 Å². The number of benzene rings is 3. The second-order valence-corrected chi connectivity index (χ2v) is 13.2. The normalized spacial score (nSPS) is 21.7. The lowest BCUT2D eigenvalue weighted by Crippen LogP contribution is -2.47. The third-order valence-electron chi connectivity index (χ3n) is 9.58. The molecular formula is C37H50N6O6. The van der Waals surface area contributed by atoms with E-state index >= 15 is 0 Å². The van der Waals surface area contributed by atoms with Crippen molar-refractivity contribution in [3.05, 3.63) is 83.4 Å². The van der Waals surface area contributed by atoms with E-state index in [1.54, 1.807) is 14.0 Å². The van der Waals surface area contributed by atoms with Gasteiger partial charge >= 0.3 is 0 Å². The van der Waals surface area contributed by atoms with E-state index in [2.05, 4.69) is 10.2 Å². The fourth-order valence-electron chi connectivity index (χ4n) is 7.05. The molecule has 0 aliphatic carbocycles. The predicted molar refractivity (Wildman–Crippen MR) is 189 cm³/mol. The van der Waals surface area contributed by atoms with E-state index in [0.29, 0.717) is 23.4 Å². The first-order valence-electron chi connectivity index (χ1n) is 16.9. The maximum atomic E-state index is 14.0. The van der Waals surface area contributed by atoms with Crippen LogP contribution in [0.25, 0.3) is 11.1 Å². The Kier molecular flexibility index (Phi) is 11.9. The summed E-state index contributed by atoms with van der Waals surface area (Å²) in [6.45, 7) is 4.24. The van der Waals surface area contributed by atoms with Crippen LogP contribution in [0.1, 0.15) is 47.4 Å². The molecule has 264 valence electrons. The fourth-order valence-corrected chi connectivity index (χ4v) is 7.05. The van der Waals surface area contributed by atoms with Gasteiger partial charge in [0.2, 0.25) is 5.91 Å². The average Bonchev–Trinajstić information content (AvgIpc) is 3.75. The quantitative estimate of drug-likeness (QED) is 0.171. The molecule has 12 nitrogen and oxygen atoms in total. The molecule has 2 fully saturated rings. The van der Waals surface area contributed by atoms with Crippen molar-refractivity contribution in [2.24, 2.45) is 17.4 Å². The van der Waals surface area contributed by atoms with Crippen LogP contribution in [0.5, 0.6) is 5.75 Å². The van der Waals surface area contributed by atoms with Gasteiger partial charge in [0.05, 0.1) is 31.9 Å². The first-order valence-corrected chi connectivity index (χ1v) is 16.9. The maximum absolute atomic E-state index is 14.0. The number of nitrogens with two attached hydrogens (primary N) is 2. The first kappa shape index (κ1) is 36.2. The van der Waals surface area contributed by atoms with Crippen molar-refractivity contribution in [2.45, 2.75) is 56.7 Å². The number of carbonyl (C=O) groups is 2. The van der Waals surface area contributed by atoms with Gasteiger partial charge in [0.1, 0.15) is 17.9 Å². The van der Waals surface area contributed by atoms with Gasteiger partial charge in [0.15, 0.2) is 0 Å². The number of amides is 2.